The van der Waals surface area contributed by atoms with Crippen LogP contribution in [0.15, 0.2) is 103 Å². The van der Waals surface area contributed by atoms with Gasteiger partial charge in [-0.1, -0.05) is 101 Å². The molecule has 5 heteroatoms. The van der Waals surface area contributed by atoms with E-state index in [0.29, 0.717) is 49.1 Å². The summed E-state index contributed by atoms with van der Waals surface area (Å²) in [5, 5.41) is 4.19. The minimum atomic E-state index is -1.92. The summed E-state index contributed by atoms with van der Waals surface area (Å²) in [7, 11) is -1.92. The quantitative estimate of drug-likeness (QED) is 0.0567. The van der Waals surface area contributed by atoms with E-state index in [-0.39, 0.29) is 39.1 Å². The van der Waals surface area contributed by atoms with Gasteiger partial charge in [0.1, 0.15) is 29.3 Å². The van der Waals surface area contributed by atoms with Crippen LogP contribution >= 0.6 is 7.26 Å². The van der Waals surface area contributed by atoms with Crippen LogP contribution in [-0.4, -0.2) is 31.3 Å². The summed E-state index contributed by atoms with van der Waals surface area (Å²) in [6.45, 7) is 20.9. The monoisotopic (exact) mass is 816 g/mol. The lowest BCUT2D eigenvalue weighted by Crippen LogP contribution is -2.67. The van der Waals surface area contributed by atoms with Crippen LogP contribution in [0.25, 0.3) is 0 Å². The van der Waals surface area contributed by atoms with E-state index in [9.17, 15) is 9.59 Å². The maximum atomic E-state index is 13.8. The summed E-state index contributed by atoms with van der Waals surface area (Å²) in [4.78, 5) is 25.4. The second-order valence-electron chi connectivity index (χ2n) is 21.3. The smallest absolute Gasteiger partial charge is 0.305 e. The summed E-state index contributed by atoms with van der Waals surface area (Å²) in [5.74, 6) is 2.80. The minimum absolute atomic E-state index is 0.00933. The van der Waals surface area contributed by atoms with E-state index in [1.807, 2.05) is 0 Å². The Morgan fingerprint density at radius 2 is 1.32 bits per heavy atom. The maximum Gasteiger partial charge on any atom is 0.305 e. The molecule has 0 unspecified atom stereocenters. The molecule has 5 aliphatic rings. The van der Waals surface area contributed by atoms with Gasteiger partial charge in [-0.05, 0) is 166 Å². The van der Waals surface area contributed by atoms with Crippen molar-refractivity contribution in [3.8, 4) is 0 Å². The van der Waals surface area contributed by atoms with Gasteiger partial charge in [0, 0.05) is 17.3 Å². The van der Waals surface area contributed by atoms with Crippen molar-refractivity contribution in [2.75, 3.05) is 12.8 Å². The van der Waals surface area contributed by atoms with Crippen LogP contribution in [0.3, 0.4) is 0 Å². The Bertz CT molecular complexity index is 1860. The van der Waals surface area contributed by atoms with Crippen molar-refractivity contribution >= 4 is 35.6 Å². The zero-order chi connectivity index (χ0) is 41.7. The molecule has 10 atom stereocenters. The first-order valence-corrected chi connectivity index (χ1v) is 25.2. The highest BCUT2D eigenvalue weighted by Crippen LogP contribution is 2.77. The Morgan fingerprint density at radius 1 is 0.712 bits per heavy atom. The van der Waals surface area contributed by atoms with Crippen molar-refractivity contribution in [3.05, 3.63) is 103 Å². The van der Waals surface area contributed by atoms with Crippen LogP contribution in [0.4, 0.5) is 0 Å². The molecule has 8 rings (SSSR count). The molecule has 0 heterocycles. The molecule has 5 fully saturated rings. The number of carbonyl (C=O) groups excluding carboxylic acids is 2. The molecule has 5 saturated carbocycles. The van der Waals surface area contributed by atoms with Gasteiger partial charge in [-0.2, -0.15) is 0 Å². The zero-order valence-corrected chi connectivity index (χ0v) is 38.0. The summed E-state index contributed by atoms with van der Waals surface area (Å²) < 4.78 is 12.2. The van der Waals surface area contributed by atoms with E-state index in [4.69, 9.17) is 9.47 Å². The summed E-state index contributed by atoms with van der Waals surface area (Å²) in [6.07, 6.45) is 15.1. The van der Waals surface area contributed by atoms with Gasteiger partial charge in [-0.3, -0.25) is 9.59 Å². The summed E-state index contributed by atoms with van der Waals surface area (Å²) >= 11 is 0. The highest BCUT2D eigenvalue weighted by Gasteiger charge is 2.71. The van der Waals surface area contributed by atoms with Crippen molar-refractivity contribution < 1.29 is 19.1 Å². The normalized spacial score (nSPS) is 35.9. The molecule has 0 amide bonds. The van der Waals surface area contributed by atoms with Gasteiger partial charge in [0.2, 0.25) is 0 Å². The van der Waals surface area contributed by atoms with E-state index in [1.54, 1.807) is 0 Å². The fourth-order valence-corrected chi connectivity index (χ4v) is 20.0. The molecule has 59 heavy (non-hydrogen) atoms. The Hall–Kier alpha value is -3.23. The van der Waals surface area contributed by atoms with Crippen molar-refractivity contribution in [2.24, 2.45) is 56.7 Å². The van der Waals surface area contributed by atoms with Crippen LogP contribution < -0.4 is 15.9 Å². The van der Waals surface area contributed by atoms with E-state index >= 15 is 0 Å². The van der Waals surface area contributed by atoms with Crippen molar-refractivity contribution in [1.82, 2.24) is 0 Å². The first kappa shape index (κ1) is 42.5. The number of carbonyl (C=O) groups is 2. The van der Waals surface area contributed by atoms with Crippen molar-refractivity contribution in [3.63, 3.8) is 0 Å². The van der Waals surface area contributed by atoms with Crippen LogP contribution in [0, 0.1) is 56.7 Å². The topological polar surface area (TPSA) is 52.6 Å². The van der Waals surface area contributed by atoms with E-state index in [0.717, 1.165) is 44.7 Å². The van der Waals surface area contributed by atoms with Gasteiger partial charge in [-0.15, -0.1) is 0 Å². The maximum absolute atomic E-state index is 13.8. The van der Waals surface area contributed by atoms with Crippen LogP contribution in [0.1, 0.15) is 125 Å². The van der Waals surface area contributed by atoms with Gasteiger partial charge >= 0.3 is 5.97 Å². The first-order chi connectivity index (χ1) is 28.3. The average Bonchev–Trinajstić information content (AvgIpc) is 3.63. The van der Waals surface area contributed by atoms with E-state index in [1.165, 1.54) is 60.0 Å². The number of hydrogen-bond donors (Lipinski definition) is 0. The second-order valence-corrected chi connectivity index (χ2v) is 24.9. The first-order valence-electron chi connectivity index (χ1n) is 23.2. The molecule has 4 nitrogen and oxygen atoms in total. The summed E-state index contributed by atoms with van der Waals surface area (Å²) in [6, 6.07) is 33.2. The Kier molecular flexibility index (Phi) is 11.7. The SMILES string of the molecule is C=C(C)[C@@H]1CC[C@]2(COC(=O)CCCC[P+](c3ccccc3)(c3ccccc3)c3ccccc3)CC[C@]3(C)[C@H](CC[C@@H]4[C@@]5(C)CC[C@H](OC=O)C(C)(C)[C@@H]5CC[C@]43C)[C@@H]12. The fraction of sp³-hybridized carbons (Fsp3) is 0.593. The molecule has 3 aromatic rings. The standard InChI is InChI=1S/C54H72O4P/c1-39(2)43-28-33-54(35-34-52(6)44(49(43)54)26-27-46-51(5)31-30-47(58-38-55)50(3,4)45(51)29-32-53(46,52)7)37-57-48(56)25-17-18-36-59(40-19-11-8-12-20-40,41-21-13-9-14-22-41)42-23-15-10-16-24-42/h8-16,19-24,38,43-47,49H,1,17-18,25-37H2,2-7H3/q+1/t43-,44+,45-,46+,47-,49+,51-,52+,53+,54+/m0/s1. The molecule has 0 spiro atoms. The third-order valence-corrected chi connectivity index (χ3v) is 23.2. The third kappa shape index (κ3) is 6.89. The lowest BCUT2D eigenvalue weighted by Gasteiger charge is -2.73. The predicted octanol–water partition coefficient (Wildman–Crippen LogP) is 11.9. The number of benzene rings is 3. The molecule has 0 aromatic heterocycles. The molecule has 0 bridgehead atoms. The summed E-state index contributed by atoms with van der Waals surface area (Å²) in [5.41, 5.74) is 2.06. The molecule has 316 valence electrons. The number of ether oxygens (including phenoxy) is 2. The van der Waals surface area contributed by atoms with Crippen LogP contribution in [-0.2, 0) is 19.1 Å². The van der Waals surface area contributed by atoms with Crippen molar-refractivity contribution in [2.45, 2.75) is 131 Å². The molecule has 5 aliphatic carbocycles. The highest BCUT2D eigenvalue weighted by atomic mass is 31.2. The van der Waals surface area contributed by atoms with Crippen LogP contribution in [0.5, 0.6) is 0 Å². The molecule has 0 saturated heterocycles. The zero-order valence-electron chi connectivity index (χ0n) is 37.1. The fourth-order valence-electron chi connectivity index (χ4n) is 15.6. The highest BCUT2D eigenvalue weighted by molar-refractivity contribution is 7.95. The second kappa shape index (κ2) is 16.2. The number of rotatable bonds is 13. The minimum Gasteiger partial charge on any atom is -0.465 e. The van der Waals surface area contributed by atoms with Gasteiger partial charge in [0.25, 0.3) is 6.47 Å². The number of esters is 1. The largest absolute Gasteiger partial charge is 0.465 e. The van der Waals surface area contributed by atoms with Gasteiger partial charge in [-0.25, -0.2) is 0 Å². The Labute approximate surface area is 357 Å². The molecule has 3 aromatic carbocycles. The number of unbranched alkanes of at least 4 members (excludes halogenated alkanes) is 1. The average molecular weight is 816 g/mol. The molecular formula is C54H72O4P+. The van der Waals surface area contributed by atoms with E-state index in [2.05, 4.69) is 139 Å². The van der Waals surface area contributed by atoms with Crippen LogP contribution in [0.2, 0.25) is 0 Å². The molecule has 0 radical (unpaired) electrons. The van der Waals surface area contributed by atoms with Gasteiger partial charge < -0.3 is 9.47 Å². The lowest BCUT2D eigenvalue weighted by atomic mass is 9.32. The lowest BCUT2D eigenvalue weighted by molar-refractivity contribution is -0.251. The van der Waals surface area contributed by atoms with Crippen molar-refractivity contribution in [1.29, 1.82) is 0 Å². The third-order valence-electron chi connectivity index (χ3n) is 18.6. The molecule has 0 aliphatic heterocycles. The molecular weight excluding hydrogens is 744 g/mol. The number of hydrogen-bond acceptors (Lipinski definition) is 4. The number of allylic oxidation sites excluding steroid dienone is 1. The van der Waals surface area contributed by atoms with Gasteiger partial charge in [0.05, 0.1) is 12.8 Å². The Morgan fingerprint density at radius 3 is 1.90 bits per heavy atom. The number of fused-ring (bicyclic) bond motifs is 7. The molecule has 0 N–H and O–H groups in total. The van der Waals surface area contributed by atoms with Gasteiger partial charge in [0.15, 0.2) is 0 Å². The van der Waals surface area contributed by atoms with E-state index < -0.39 is 7.26 Å². The Balaban J connectivity index is 0.972. The predicted molar refractivity (Wildman–Crippen MR) is 245 cm³/mol.